The molecule has 4 rings (SSSR count). The van der Waals surface area contributed by atoms with Crippen LogP contribution in [0.1, 0.15) is 78.6 Å². The van der Waals surface area contributed by atoms with Crippen molar-refractivity contribution in [1.82, 2.24) is 0 Å². The number of ether oxygens (including phenoxy) is 3. The largest absolute Gasteiger partial charge is 0.396 e. The first kappa shape index (κ1) is 33.7. The molecule has 4 saturated carbocycles. The molecule has 0 aromatic heterocycles. The predicted molar refractivity (Wildman–Crippen MR) is 163 cm³/mol. The second kappa shape index (κ2) is 15.7. The molecule has 4 aliphatic carbocycles. The van der Waals surface area contributed by atoms with Gasteiger partial charge < -0.3 is 19.3 Å². The average Bonchev–Trinajstić information content (AvgIpc) is 3.37. The fourth-order valence-corrected chi connectivity index (χ4v) is 10.1. The molecule has 43 heavy (non-hydrogen) atoms. The van der Waals surface area contributed by atoms with E-state index in [0.29, 0.717) is 75.0 Å². The first-order valence-electron chi connectivity index (χ1n) is 16.3. The van der Waals surface area contributed by atoms with Gasteiger partial charge in [-0.25, -0.2) is 0 Å². The predicted octanol–water partition coefficient (Wildman–Crippen LogP) is 7.36. The zero-order valence-electron chi connectivity index (χ0n) is 26.2. The highest BCUT2D eigenvalue weighted by molar-refractivity contribution is 5.15. The van der Waals surface area contributed by atoms with Gasteiger partial charge in [-0.15, -0.1) is 0 Å². The number of nitrogens with zero attached hydrogens (tertiary/aromatic N) is 9. The topological polar surface area (TPSA) is 194 Å². The van der Waals surface area contributed by atoms with Gasteiger partial charge >= 0.3 is 0 Å². The number of rotatable bonds is 16. The molecule has 4 fully saturated rings. The highest BCUT2D eigenvalue weighted by atomic mass is 16.5. The van der Waals surface area contributed by atoms with Crippen LogP contribution in [0.25, 0.3) is 31.3 Å². The van der Waals surface area contributed by atoms with Crippen LogP contribution >= 0.6 is 0 Å². The lowest BCUT2D eigenvalue weighted by Crippen LogP contribution is -2.63. The highest BCUT2D eigenvalue weighted by Crippen LogP contribution is 2.69. The van der Waals surface area contributed by atoms with E-state index in [2.05, 4.69) is 50.8 Å². The molecule has 0 spiro atoms. The van der Waals surface area contributed by atoms with E-state index in [9.17, 15) is 5.11 Å². The monoisotopic (exact) mass is 601 g/mol. The van der Waals surface area contributed by atoms with Gasteiger partial charge in [0.05, 0.1) is 38.1 Å². The Balaban J connectivity index is 1.65. The fourth-order valence-electron chi connectivity index (χ4n) is 10.1. The zero-order valence-corrected chi connectivity index (χ0v) is 26.2. The Morgan fingerprint density at radius 2 is 1.49 bits per heavy atom. The van der Waals surface area contributed by atoms with Crippen LogP contribution in [0.15, 0.2) is 15.3 Å². The molecule has 1 N–H and O–H groups in total. The van der Waals surface area contributed by atoms with Gasteiger partial charge in [-0.05, 0) is 115 Å². The van der Waals surface area contributed by atoms with E-state index >= 15 is 0 Å². The zero-order chi connectivity index (χ0) is 30.9. The van der Waals surface area contributed by atoms with Crippen molar-refractivity contribution in [2.45, 2.75) is 96.9 Å². The van der Waals surface area contributed by atoms with Crippen molar-refractivity contribution in [3.05, 3.63) is 31.3 Å². The summed E-state index contributed by atoms with van der Waals surface area (Å²) in [6.07, 6.45) is 9.25. The third-order valence-corrected chi connectivity index (χ3v) is 12.0. The molecule has 240 valence electrons. The van der Waals surface area contributed by atoms with E-state index in [-0.39, 0.29) is 35.7 Å². The van der Waals surface area contributed by atoms with Gasteiger partial charge in [-0.1, -0.05) is 36.1 Å². The molecule has 0 aromatic carbocycles. The van der Waals surface area contributed by atoms with Crippen LogP contribution in [-0.4, -0.2) is 69.5 Å². The number of hydrogen-bond acceptors (Lipinski definition) is 7. The standard InChI is InChI=1S/C30H51N9O4/c1-20(5-4-13-40)23-6-7-24-28-25(19-27(30(23,24)3)43-16-12-36-39-33)29(2)9-8-22(41-14-10-34-37-31)17-21(29)18-26(28)42-15-11-35-38-32/h20-28,40H,4-19H2,1-3H3. The summed E-state index contributed by atoms with van der Waals surface area (Å²) in [4.78, 5) is 8.72. The second-order valence-electron chi connectivity index (χ2n) is 13.8. The summed E-state index contributed by atoms with van der Waals surface area (Å²) in [6.45, 7) is 9.75. The number of aliphatic hydroxyl groups excluding tert-OH is 1. The van der Waals surface area contributed by atoms with Gasteiger partial charge in [0.25, 0.3) is 0 Å². The van der Waals surface area contributed by atoms with Crippen LogP contribution in [0.3, 0.4) is 0 Å². The van der Waals surface area contributed by atoms with E-state index in [1.165, 1.54) is 0 Å². The van der Waals surface area contributed by atoms with E-state index in [0.717, 1.165) is 57.8 Å². The number of azide groups is 3. The van der Waals surface area contributed by atoms with Crippen LogP contribution in [0.5, 0.6) is 0 Å². The molecule has 4 aliphatic rings. The van der Waals surface area contributed by atoms with Crippen molar-refractivity contribution in [1.29, 1.82) is 0 Å². The van der Waals surface area contributed by atoms with Crippen molar-refractivity contribution >= 4 is 0 Å². The molecule has 0 aromatic rings. The number of hydrogen-bond donors (Lipinski definition) is 1. The van der Waals surface area contributed by atoms with E-state index in [1.807, 2.05) is 0 Å². The molecule has 0 bridgehead atoms. The second-order valence-corrected chi connectivity index (χ2v) is 13.8. The van der Waals surface area contributed by atoms with Crippen LogP contribution in [0, 0.1) is 46.3 Å². The SMILES string of the molecule is CC(CCCO)C1CCC2C3C(OCCN=[N+]=[N-])CC4CC(OCCN=[N+]=[N-])CCC4(C)C3CC(OCCN=[N+]=[N-])C12C. The summed E-state index contributed by atoms with van der Waals surface area (Å²) >= 11 is 0. The van der Waals surface area contributed by atoms with Crippen LogP contribution in [0.4, 0.5) is 0 Å². The first-order chi connectivity index (χ1) is 20.8. The Morgan fingerprint density at radius 1 is 0.837 bits per heavy atom. The van der Waals surface area contributed by atoms with Crippen LogP contribution < -0.4 is 0 Å². The summed E-state index contributed by atoms with van der Waals surface area (Å²) in [6, 6.07) is 0. The third-order valence-electron chi connectivity index (χ3n) is 12.0. The number of fused-ring (bicyclic) bond motifs is 5. The molecule has 13 heteroatoms. The molecule has 0 heterocycles. The molecule has 11 unspecified atom stereocenters. The summed E-state index contributed by atoms with van der Waals surface area (Å²) in [5, 5.41) is 20.7. The smallest absolute Gasteiger partial charge is 0.0637 e. The van der Waals surface area contributed by atoms with Crippen molar-refractivity contribution in [3.63, 3.8) is 0 Å². The maximum Gasteiger partial charge on any atom is 0.0637 e. The van der Waals surface area contributed by atoms with Crippen LogP contribution in [-0.2, 0) is 14.2 Å². The van der Waals surface area contributed by atoms with Gasteiger partial charge in [0.2, 0.25) is 0 Å². The van der Waals surface area contributed by atoms with Gasteiger partial charge in [0.15, 0.2) is 0 Å². The third kappa shape index (κ3) is 7.20. The molecule has 0 saturated heterocycles. The molecule has 0 radical (unpaired) electrons. The molecular weight excluding hydrogens is 550 g/mol. The molecular formula is C30H51N9O4. The summed E-state index contributed by atoms with van der Waals surface area (Å²) < 4.78 is 19.6. The van der Waals surface area contributed by atoms with Gasteiger partial charge in [-0.2, -0.15) is 0 Å². The Morgan fingerprint density at radius 3 is 2.14 bits per heavy atom. The normalized spacial score (nSPS) is 38.8. The van der Waals surface area contributed by atoms with E-state index in [1.54, 1.807) is 0 Å². The Kier molecular flexibility index (Phi) is 12.3. The van der Waals surface area contributed by atoms with Gasteiger partial charge in [-0.3, -0.25) is 0 Å². The van der Waals surface area contributed by atoms with E-state index < -0.39 is 0 Å². The van der Waals surface area contributed by atoms with Crippen molar-refractivity contribution in [3.8, 4) is 0 Å². The minimum absolute atomic E-state index is 0.0500. The Hall–Kier alpha value is -2.23. The lowest BCUT2D eigenvalue weighted by atomic mass is 9.43. The van der Waals surface area contributed by atoms with Crippen LogP contribution in [0.2, 0.25) is 0 Å². The molecule has 13 nitrogen and oxygen atoms in total. The fraction of sp³-hybridized carbons (Fsp3) is 1.00. The summed E-state index contributed by atoms with van der Waals surface area (Å²) in [5.74, 6) is 2.59. The molecule has 0 amide bonds. The maximum atomic E-state index is 9.57. The van der Waals surface area contributed by atoms with Crippen molar-refractivity contribution < 1.29 is 19.3 Å². The molecule has 0 aliphatic heterocycles. The minimum atomic E-state index is -0.0520. The minimum Gasteiger partial charge on any atom is -0.396 e. The van der Waals surface area contributed by atoms with E-state index in [4.69, 9.17) is 30.8 Å². The summed E-state index contributed by atoms with van der Waals surface area (Å²) in [7, 11) is 0. The summed E-state index contributed by atoms with van der Waals surface area (Å²) in [5.41, 5.74) is 26.4. The van der Waals surface area contributed by atoms with Gasteiger partial charge in [0.1, 0.15) is 0 Å². The van der Waals surface area contributed by atoms with Crippen molar-refractivity contribution in [2.24, 2.45) is 61.7 Å². The first-order valence-corrected chi connectivity index (χ1v) is 16.3. The Bertz CT molecular complexity index is 1060. The Labute approximate surface area is 255 Å². The lowest BCUT2D eigenvalue weighted by molar-refractivity contribution is -0.226. The maximum absolute atomic E-state index is 9.57. The van der Waals surface area contributed by atoms with Crippen molar-refractivity contribution in [2.75, 3.05) is 46.1 Å². The average molecular weight is 602 g/mol. The highest BCUT2D eigenvalue weighted by Gasteiger charge is 2.66. The lowest BCUT2D eigenvalue weighted by Gasteiger charge is -2.64. The number of aliphatic hydroxyl groups is 1. The quantitative estimate of drug-likeness (QED) is 0.0835. The van der Waals surface area contributed by atoms with Gasteiger partial charge in [0, 0.05) is 46.4 Å². The molecule has 11 atom stereocenters.